The van der Waals surface area contributed by atoms with Gasteiger partial charge >= 0.3 is 18.1 Å². The first-order chi connectivity index (χ1) is 17.9. The van der Waals surface area contributed by atoms with Crippen LogP contribution in [0.15, 0.2) is 36.5 Å². The molecule has 206 valence electrons. The highest BCUT2D eigenvalue weighted by molar-refractivity contribution is 6.30. The lowest BCUT2D eigenvalue weighted by atomic mass is 9.96. The Kier molecular flexibility index (Phi) is 11.5. The van der Waals surface area contributed by atoms with E-state index in [0.29, 0.717) is 28.5 Å². The normalized spacial score (nSPS) is 13.5. The molecule has 1 aromatic carbocycles. The molecule has 2 aromatic rings. The largest absolute Gasteiger partial charge is 0.490 e. The number of anilines is 2. The number of aryl methyl sites for hydroxylation is 1. The van der Waals surface area contributed by atoms with Crippen LogP contribution in [0.3, 0.4) is 0 Å². The highest BCUT2D eigenvalue weighted by Gasteiger charge is 2.38. The number of hydrogen-bond donors (Lipinski definition) is 4. The summed E-state index contributed by atoms with van der Waals surface area (Å²) in [6, 6.07) is 8.37. The van der Waals surface area contributed by atoms with Gasteiger partial charge in [-0.1, -0.05) is 17.7 Å². The maximum absolute atomic E-state index is 13.0. The van der Waals surface area contributed by atoms with Gasteiger partial charge in [0.1, 0.15) is 5.82 Å². The van der Waals surface area contributed by atoms with Crippen molar-refractivity contribution >= 4 is 46.9 Å². The number of aromatic nitrogens is 1. The molecule has 0 unspecified atom stereocenters. The Morgan fingerprint density at radius 1 is 1.13 bits per heavy atom. The average molecular weight is 559 g/mol. The molecule has 1 fully saturated rings. The topological polar surface area (TPSA) is 147 Å². The molecule has 3 rings (SSSR count). The third-order valence-corrected chi connectivity index (χ3v) is 5.58. The lowest BCUT2D eigenvalue weighted by Crippen LogP contribution is -2.35. The van der Waals surface area contributed by atoms with Crippen LogP contribution in [0.1, 0.15) is 35.2 Å². The van der Waals surface area contributed by atoms with Gasteiger partial charge in [0.2, 0.25) is 5.91 Å². The van der Waals surface area contributed by atoms with Crippen LogP contribution < -0.4 is 16.0 Å². The van der Waals surface area contributed by atoms with E-state index in [1.165, 1.54) is 13.3 Å². The lowest BCUT2D eigenvalue weighted by Gasteiger charge is -2.22. The van der Waals surface area contributed by atoms with E-state index in [9.17, 15) is 27.6 Å². The maximum Gasteiger partial charge on any atom is 0.490 e. The summed E-state index contributed by atoms with van der Waals surface area (Å²) >= 11 is 5.85. The fraction of sp³-hybridized carbons (Fsp3) is 0.375. The molecule has 1 aliphatic heterocycles. The second-order valence-electron chi connectivity index (χ2n) is 8.09. The van der Waals surface area contributed by atoms with Crippen molar-refractivity contribution in [2.45, 2.75) is 31.9 Å². The zero-order valence-electron chi connectivity index (χ0n) is 20.2. The monoisotopic (exact) mass is 558 g/mol. The molecule has 1 aliphatic rings. The van der Waals surface area contributed by atoms with Gasteiger partial charge in [0.05, 0.1) is 23.4 Å². The van der Waals surface area contributed by atoms with E-state index in [4.69, 9.17) is 21.5 Å². The minimum atomic E-state index is -5.08. The number of carboxylic acids is 1. The fourth-order valence-electron chi connectivity index (χ4n) is 3.34. The van der Waals surface area contributed by atoms with Crippen molar-refractivity contribution in [3.05, 3.63) is 52.7 Å². The number of hydrogen-bond acceptors (Lipinski definition) is 7. The first-order valence-electron chi connectivity index (χ1n) is 11.3. The Morgan fingerprint density at radius 2 is 1.79 bits per heavy atom. The van der Waals surface area contributed by atoms with Gasteiger partial charge in [0, 0.05) is 18.5 Å². The molecule has 0 spiro atoms. The van der Waals surface area contributed by atoms with E-state index in [2.05, 4.69) is 25.7 Å². The van der Waals surface area contributed by atoms with Crippen molar-refractivity contribution in [1.29, 1.82) is 0 Å². The van der Waals surface area contributed by atoms with Gasteiger partial charge in [-0.3, -0.25) is 14.4 Å². The average Bonchev–Trinajstić information content (AvgIpc) is 2.89. The van der Waals surface area contributed by atoms with Crippen LogP contribution in [0.25, 0.3) is 0 Å². The molecule has 2 heterocycles. The highest BCUT2D eigenvalue weighted by Crippen LogP contribution is 2.23. The van der Waals surface area contributed by atoms with Crippen molar-refractivity contribution in [1.82, 2.24) is 10.3 Å². The molecular weight excluding hydrogens is 533 g/mol. The highest BCUT2D eigenvalue weighted by atomic mass is 35.5. The molecule has 0 saturated carbocycles. The van der Waals surface area contributed by atoms with Crippen LogP contribution >= 0.6 is 11.6 Å². The zero-order valence-corrected chi connectivity index (χ0v) is 21.0. The number of esters is 1. The SMILES string of the molecule is COC(=O)CCc1ccc(NC(=O)C2CCNCC2)c(C(=O)Nc2ccc(Cl)cn2)c1.O=C(O)C(F)(F)F. The second-order valence-corrected chi connectivity index (χ2v) is 8.52. The Balaban J connectivity index is 0.000000638. The van der Waals surface area contributed by atoms with Crippen LogP contribution in [-0.4, -0.2) is 60.2 Å². The lowest BCUT2D eigenvalue weighted by molar-refractivity contribution is -0.192. The predicted molar refractivity (Wildman–Crippen MR) is 132 cm³/mol. The van der Waals surface area contributed by atoms with Crippen LogP contribution in [-0.2, 0) is 25.5 Å². The minimum absolute atomic E-state index is 0.103. The van der Waals surface area contributed by atoms with Gasteiger partial charge in [-0.25, -0.2) is 9.78 Å². The number of ether oxygens (including phenoxy) is 1. The minimum Gasteiger partial charge on any atom is -0.475 e. The molecule has 0 bridgehead atoms. The first-order valence-corrected chi connectivity index (χ1v) is 11.7. The number of aliphatic carboxylic acids is 1. The number of halogens is 4. The Hall–Kier alpha value is -3.71. The van der Waals surface area contributed by atoms with Gasteiger partial charge < -0.3 is 25.8 Å². The summed E-state index contributed by atoms with van der Waals surface area (Å²) in [5, 5.41) is 16.4. The van der Waals surface area contributed by atoms with Gasteiger partial charge in [-0.15, -0.1) is 0 Å². The first kappa shape index (κ1) is 30.5. The number of pyridine rings is 1. The second kappa shape index (κ2) is 14.3. The van der Waals surface area contributed by atoms with Gasteiger partial charge in [0.25, 0.3) is 5.91 Å². The molecule has 2 amide bonds. The summed E-state index contributed by atoms with van der Waals surface area (Å²) in [4.78, 5) is 50.2. The van der Waals surface area contributed by atoms with Crippen molar-refractivity contribution in [2.24, 2.45) is 5.92 Å². The van der Waals surface area contributed by atoms with Crippen molar-refractivity contribution < 1.29 is 42.2 Å². The Morgan fingerprint density at radius 3 is 2.34 bits per heavy atom. The number of carbonyl (C=O) groups excluding carboxylic acids is 3. The molecule has 0 radical (unpaired) electrons. The molecule has 38 heavy (non-hydrogen) atoms. The third-order valence-electron chi connectivity index (χ3n) is 5.35. The van der Waals surface area contributed by atoms with Crippen LogP contribution in [0.4, 0.5) is 24.7 Å². The van der Waals surface area contributed by atoms with E-state index >= 15 is 0 Å². The number of carbonyl (C=O) groups is 4. The quantitative estimate of drug-likeness (QED) is 0.376. The van der Waals surface area contributed by atoms with E-state index in [-0.39, 0.29) is 24.2 Å². The molecule has 0 atom stereocenters. The van der Waals surface area contributed by atoms with Crippen LogP contribution in [0.5, 0.6) is 0 Å². The molecule has 1 saturated heterocycles. The predicted octanol–water partition coefficient (Wildman–Crippen LogP) is 3.66. The van der Waals surface area contributed by atoms with Crippen LogP contribution in [0, 0.1) is 5.92 Å². The number of nitrogens with one attached hydrogen (secondary N) is 3. The van der Waals surface area contributed by atoms with E-state index in [0.717, 1.165) is 31.5 Å². The van der Waals surface area contributed by atoms with Gasteiger partial charge in [-0.2, -0.15) is 13.2 Å². The zero-order chi connectivity index (χ0) is 28.3. The molecule has 0 aliphatic carbocycles. The summed E-state index contributed by atoms with van der Waals surface area (Å²) in [6.45, 7) is 1.58. The van der Waals surface area contributed by atoms with Gasteiger partial charge in [-0.05, 0) is 62.2 Å². The molecule has 10 nitrogen and oxygen atoms in total. The maximum atomic E-state index is 13.0. The number of methoxy groups -OCH3 is 1. The number of amides is 2. The summed E-state index contributed by atoms with van der Waals surface area (Å²) in [5.74, 6) is -3.39. The summed E-state index contributed by atoms with van der Waals surface area (Å²) in [6.07, 6.45) is -1.55. The van der Waals surface area contributed by atoms with E-state index in [1.54, 1.807) is 30.3 Å². The van der Waals surface area contributed by atoms with Crippen molar-refractivity contribution in [3.8, 4) is 0 Å². The van der Waals surface area contributed by atoms with Crippen LogP contribution in [0.2, 0.25) is 5.02 Å². The molecule has 4 N–H and O–H groups in total. The van der Waals surface area contributed by atoms with E-state index < -0.39 is 18.1 Å². The Bertz CT molecular complexity index is 1140. The number of nitrogens with zero attached hydrogens (tertiary/aromatic N) is 1. The van der Waals surface area contributed by atoms with Crippen molar-refractivity contribution in [2.75, 3.05) is 30.8 Å². The molecular formula is C24H26ClF3N4O6. The van der Waals surface area contributed by atoms with Crippen molar-refractivity contribution in [3.63, 3.8) is 0 Å². The molecule has 1 aromatic heterocycles. The van der Waals surface area contributed by atoms with E-state index in [1.807, 2.05) is 0 Å². The number of piperidine rings is 1. The van der Waals surface area contributed by atoms with Gasteiger partial charge in [0.15, 0.2) is 0 Å². The smallest absolute Gasteiger partial charge is 0.475 e. The standard InChI is InChI=1S/C22H25ClN4O4.C2HF3O2/c1-31-20(28)7-3-14-2-5-18(26-21(29)15-8-10-24-11-9-15)17(12-14)22(30)27-19-6-4-16(23)13-25-19;3-2(4,5)1(6)7/h2,4-6,12-13,15,24H,3,7-11H2,1H3,(H,26,29)(H,25,27,30);(H,6,7). The fourth-order valence-corrected chi connectivity index (χ4v) is 3.46. The summed E-state index contributed by atoms with van der Waals surface area (Å²) in [5.41, 5.74) is 1.48. The number of benzene rings is 1. The summed E-state index contributed by atoms with van der Waals surface area (Å²) in [7, 11) is 1.33. The number of rotatable bonds is 7. The third kappa shape index (κ3) is 9.98. The number of carboxylic acid groups (broad SMARTS) is 1. The number of alkyl halides is 3. The summed E-state index contributed by atoms with van der Waals surface area (Å²) < 4.78 is 36.4. The Labute approximate surface area is 220 Å². The molecule has 14 heteroatoms.